The van der Waals surface area contributed by atoms with Gasteiger partial charge in [-0.2, -0.15) is 0 Å². The van der Waals surface area contributed by atoms with E-state index < -0.39 is 0 Å². The lowest BCUT2D eigenvalue weighted by molar-refractivity contribution is -0.133. The van der Waals surface area contributed by atoms with Crippen LogP contribution in [0.1, 0.15) is 43.7 Å². The first-order chi connectivity index (χ1) is 9.84. The highest BCUT2D eigenvalue weighted by Gasteiger charge is 2.31. The summed E-state index contributed by atoms with van der Waals surface area (Å²) < 4.78 is 0. The Morgan fingerprint density at radius 1 is 1.35 bits per heavy atom. The standard InChI is InChI=1S/C16H23N3O/c20-16(11-13-5-8-17-9-6-13)19-10-2-4-15(19)14-3-1-7-18-12-14/h1,3,7,12-13,15,17H,2,4-6,8-11H2. The molecule has 3 heterocycles. The largest absolute Gasteiger partial charge is 0.336 e. The molecule has 0 aromatic carbocycles. The number of aromatic nitrogens is 1. The number of nitrogens with one attached hydrogen (secondary N) is 1. The number of nitrogens with zero attached hydrogens (tertiary/aromatic N) is 2. The fourth-order valence-corrected chi connectivity index (χ4v) is 3.43. The number of rotatable bonds is 3. The number of carbonyl (C=O) groups excluding carboxylic acids is 1. The summed E-state index contributed by atoms with van der Waals surface area (Å²) in [4.78, 5) is 18.9. The van der Waals surface area contributed by atoms with Crippen LogP contribution in [0.5, 0.6) is 0 Å². The molecule has 1 aromatic rings. The normalized spacial score (nSPS) is 24.0. The molecule has 1 unspecified atom stereocenters. The third-order valence-corrected chi connectivity index (χ3v) is 4.56. The van der Waals surface area contributed by atoms with E-state index in [0.29, 0.717) is 11.8 Å². The van der Waals surface area contributed by atoms with Crippen molar-refractivity contribution < 1.29 is 4.79 Å². The lowest BCUT2D eigenvalue weighted by Gasteiger charge is -2.28. The van der Waals surface area contributed by atoms with Crippen LogP contribution in [0, 0.1) is 5.92 Å². The number of hydrogen-bond donors (Lipinski definition) is 1. The molecule has 1 aromatic heterocycles. The molecule has 0 radical (unpaired) electrons. The van der Waals surface area contributed by atoms with Gasteiger partial charge in [0.25, 0.3) is 0 Å². The van der Waals surface area contributed by atoms with Crippen molar-refractivity contribution in [1.82, 2.24) is 15.2 Å². The topological polar surface area (TPSA) is 45.2 Å². The van der Waals surface area contributed by atoms with Crippen LogP contribution in [-0.2, 0) is 4.79 Å². The molecule has 0 spiro atoms. The Morgan fingerprint density at radius 3 is 2.95 bits per heavy atom. The van der Waals surface area contributed by atoms with Gasteiger partial charge in [0, 0.05) is 25.4 Å². The first-order valence-corrected chi connectivity index (χ1v) is 7.74. The molecule has 2 aliphatic rings. The number of carbonyl (C=O) groups is 1. The van der Waals surface area contributed by atoms with Gasteiger partial charge in [-0.1, -0.05) is 6.07 Å². The Bertz CT molecular complexity index is 442. The zero-order chi connectivity index (χ0) is 13.8. The molecule has 108 valence electrons. The minimum atomic E-state index is 0.248. The van der Waals surface area contributed by atoms with Gasteiger partial charge in [0.15, 0.2) is 0 Å². The third-order valence-electron chi connectivity index (χ3n) is 4.56. The fourth-order valence-electron chi connectivity index (χ4n) is 3.43. The van der Waals surface area contributed by atoms with Crippen molar-refractivity contribution in [1.29, 1.82) is 0 Å². The van der Waals surface area contributed by atoms with Gasteiger partial charge in [-0.05, 0) is 56.3 Å². The summed E-state index contributed by atoms with van der Waals surface area (Å²) in [6.07, 6.45) is 8.87. The minimum absolute atomic E-state index is 0.248. The summed E-state index contributed by atoms with van der Waals surface area (Å²) >= 11 is 0. The van der Waals surface area contributed by atoms with E-state index in [0.717, 1.165) is 51.7 Å². The fraction of sp³-hybridized carbons (Fsp3) is 0.625. The van der Waals surface area contributed by atoms with Gasteiger partial charge in [-0.3, -0.25) is 9.78 Å². The Balaban J connectivity index is 1.64. The Labute approximate surface area is 120 Å². The first kappa shape index (κ1) is 13.6. The van der Waals surface area contributed by atoms with Gasteiger partial charge in [-0.15, -0.1) is 0 Å². The summed E-state index contributed by atoms with van der Waals surface area (Å²) in [5.74, 6) is 0.905. The van der Waals surface area contributed by atoms with Crippen LogP contribution in [0.4, 0.5) is 0 Å². The van der Waals surface area contributed by atoms with E-state index in [1.54, 1.807) is 6.20 Å². The van der Waals surface area contributed by atoms with Gasteiger partial charge in [0.2, 0.25) is 5.91 Å². The van der Waals surface area contributed by atoms with Crippen LogP contribution in [0.15, 0.2) is 24.5 Å². The quantitative estimate of drug-likeness (QED) is 0.917. The molecule has 20 heavy (non-hydrogen) atoms. The van der Waals surface area contributed by atoms with Crippen molar-refractivity contribution in [3.63, 3.8) is 0 Å². The van der Waals surface area contributed by atoms with Crippen LogP contribution >= 0.6 is 0 Å². The molecule has 1 atom stereocenters. The molecular weight excluding hydrogens is 250 g/mol. The molecule has 2 aliphatic heterocycles. The Kier molecular flexibility index (Phi) is 4.31. The van der Waals surface area contributed by atoms with Gasteiger partial charge in [-0.25, -0.2) is 0 Å². The average molecular weight is 273 g/mol. The number of amides is 1. The molecule has 1 N–H and O–H groups in total. The highest BCUT2D eigenvalue weighted by Crippen LogP contribution is 2.32. The average Bonchev–Trinajstić information content (AvgIpc) is 2.99. The third kappa shape index (κ3) is 3.01. The number of hydrogen-bond acceptors (Lipinski definition) is 3. The smallest absolute Gasteiger partial charge is 0.223 e. The van der Waals surface area contributed by atoms with Gasteiger partial charge in [0.05, 0.1) is 6.04 Å². The van der Waals surface area contributed by atoms with Crippen LogP contribution in [0.25, 0.3) is 0 Å². The van der Waals surface area contributed by atoms with E-state index in [4.69, 9.17) is 0 Å². The zero-order valence-corrected chi connectivity index (χ0v) is 11.9. The predicted molar refractivity (Wildman–Crippen MR) is 78.1 cm³/mol. The molecule has 0 saturated carbocycles. The molecular formula is C16H23N3O. The summed E-state index contributed by atoms with van der Waals surface area (Å²) in [6, 6.07) is 4.30. The predicted octanol–water partition coefficient (Wildman–Crippen LogP) is 2.13. The van der Waals surface area contributed by atoms with Gasteiger partial charge < -0.3 is 10.2 Å². The van der Waals surface area contributed by atoms with E-state index >= 15 is 0 Å². The lowest BCUT2D eigenvalue weighted by atomic mass is 9.94. The van der Waals surface area contributed by atoms with E-state index in [1.807, 2.05) is 12.3 Å². The van der Waals surface area contributed by atoms with Crippen LogP contribution < -0.4 is 5.32 Å². The maximum absolute atomic E-state index is 12.6. The maximum atomic E-state index is 12.6. The van der Waals surface area contributed by atoms with E-state index in [1.165, 1.54) is 5.56 Å². The summed E-state index contributed by atoms with van der Waals surface area (Å²) in [6.45, 7) is 3.03. The molecule has 0 bridgehead atoms. The summed E-state index contributed by atoms with van der Waals surface area (Å²) in [5, 5.41) is 3.36. The second-order valence-electron chi connectivity index (χ2n) is 5.93. The SMILES string of the molecule is O=C(CC1CCNCC1)N1CCCC1c1cccnc1. The van der Waals surface area contributed by atoms with Crippen LogP contribution in [0.3, 0.4) is 0 Å². The maximum Gasteiger partial charge on any atom is 0.223 e. The summed E-state index contributed by atoms with van der Waals surface area (Å²) in [7, 11) is 0. The highest BCUT2D eigenvalue weighted by molar-refractivity contribution is 5.77. The molecule has 4 heteroatoms. The van der Waals surface area contributed by atoms with Gasteiger partial charge in [0.1, 0.15) is 0 Å². The second-order valence-corrected chi connectivity index (χ2v) is 5.93. The number of pyridine rings is 1. The van der Waals surface area contributed by atoms with Crippen molar-refractivity contribution in [2.24, 2.45) is 5.92 Å². The van der Waals surface area contributed by atoms with E-state index in [-0.39, 0.29) is 6.04 Å². The van der Waals surface area contributed by atoms with Crippen molar-refractivity contribution >= 4 is 5.91 Å². The lowest BCUT2D eigenvalue weighted by Crippen LogP contribution is -2.35. The molecule has 4 nitrogen and oxygen atoms in total. The number of likely N-dealkylation sites (tertiary alicyclic amines) is 1. The first-order valence-electron chi connectivity index (χ1n) is 7.74. The van der Waals surface area contributed by atoms with Crippen LogP contribution in [-0.4, -0.2) is 35.4 Å². The highest BCUT2D eigenvalue weighted by atomic mass is 16.2. The Morgan fingerprint density at radius 2 is 2.20 bits per heavy atom. The molecule has 2 fully saturated rings. The monoisotopic (exact) mass is 273 g/mol. The van der Waals surface area contributed by atoms with E-state index in [9.17, 15) is 4.79 Å². The second kappa shape index (κ2) is 6.35. The zero-order valence-electron chi connectivity index (χ0n) is 11.9. The van der Waals surface area contributed by atoms with Crippen molar-refractivity contribution in [3.8, 4) is 0 Å². The molecule has 0 aliphatic carbocycles. The van der Waals surface area contributed by atoms with Crippen molar-refractivity contribution in [2.75, 3.05) is 19.6 Å². The molecule has 2 saturated heterocycles. The van der Waals surface area contributed by atoms with E-state index in [2.05, 4.69) is 21.3 Å². The minimum Gasteiger partial charge on any atom is -0.336 e. The van der Waals surface area contributed by atoms with Crippen LogP contribution in [0.2, 0.25) is 0 Å². The van der Waals surface area contributed by atoms with Crippen molar-refractivity contribution in [2.45, 2.75) is 38.1 Å². The molecule has 3 rings (SSSR count). The summed E-state index contributed by atoms with van der Waals surface area (Å²) in [5.41, 5.74) is 1.18. The number of piperidine rings is 1. The van der Waals surface area contributed by atoms with Crippen molar-refractivity contribution in [3.05, 3.63) is 30.1 Å². The van der Waals surface area contributed by atoms with Gasteiger partial charge >= 0.3 is 0 Å². The molecule has 1 amide bonds. The Hall–Kier alpha value is -1.42.